The normalized spacial score (nSPS) is 13.6. The first kappa shape index (κ1) is 6.29. The standard InChI is InChI=1S/C5H2N4OS/c10-4-6-1-2-3(8-4)9-5(11)7-2/h1H,(H,8,9,10,11). The first-order valence-corrected chi connectivity index (χ1v) is 3.23. The largest absolute Gasteiger partial charge is 0.346 e. The van der Waals surface area contributed by atoms with Gasteiger partial charge in [-0.2, -0.15) is 9.98 Å². The smallest absolute Gasteiger partial charge is 0.288 e. The molecule has 0 unspecified atom stereocenters. The lowest BCUT2D eigenvalue weighted by Crippen LogP contribution is -2.33. The number of hydrogen-bond acceptors (Lipinski definition) is 3. The Hall–Kier alpha value is -1.43. The molecule has 0 saturated carbocycles. The van der Waals surface area contributed by atoms with Crippen molar-refractivity contribution in [1.82, 2.24) is 9.97 Å². The highest BCUT2D eigenvalue weighted by atomic mass is 32.1. The SMILES string of the molecule is O=c1ncc2c([nH]1)=NC(=S)N=2. The van der Waals surface area contributed by atoms with Gasteiger partial charge in [0.15, 0.2) is 5.49 Å². The quantitative estimate of drug-likeness (QED) is 0.467. The third kappa shape index (κ3) is 0.966. The summed E-state index contributed by atoms with van der Waals surface area (Å²) in [7, 11) is 0. The summed E-state index contributed by atoms with van der Waals surface area (Å²) < 4.78 is 0. The lowest BCUT2D eigenvalue weighted by atomic mass is 10.6. The Labute approximate surface area is 65.5 Å². The Bertz CT molecular complexity index is 488. The molecule has 0 radical (unpaired) electrons. The van der Waals surface area contributed by atoms with Gasteiger partial charge in [-0.05, 0) is 12.2 Å². The van der Waals surface area contributed by atoms with Crippen molar-refractivity contribution in [3.05, 3.63) is 27.5 Å². The number of aromatic amines is 1. The summed E-state index contributed by atoms with van der Waals surface area (Å²) in [5.74, 6) is 0. The molecule has 0 bridgehead atoms. The highest BCUT2D eigenvalue weighted by Crippen LogP contribution is 1.80. The summed E-state index contributed by atoms with van der Waals surface area (Å²) in [6.07, 6.45) is 1.34. The molecule has 0 amide bonds. The average molecular weight is 166 g/mol. The summed E-state index contributed by atoms with van der Waals surface area (Å²) in [5.41, 5.74) is -0.0394. The Kier molecular flexibility index (Phi) is 1.16. The van der Waals surface area contributed by atoms with Crippen LogP contribution in [-0.4, -0.2) is 15.1 Å². The number of hydrogen-bond donors (Lipinski definition) is 1. The van der Waals surface area contributed by atoms with Crippen LogP contribution in [0.5, 0.6) is 0 Å². The van der Waals surface area contributed by atoms with Crippen LogP contribution in [0.3, 0.4) is 0 Å². The number of aromatic nitrogens is 2. The maximum absolute atomic E-state index is 10.6. The fourth-order valence-electron chi connectivity index (χ4n) is 0.769. The van der Waals surface area contributed by atoms with E-state index in [9.17, 15) is 4.79 Å². The molecule has 0 aliphatic carbocycles. The van der Waals surface area contributed by atoms with E-state index in [4.69, 9.17) is 0 Å². The molecule has 1 aliphatic heterocycles. The molecule has 1 aliphatic rings. The third-order valence-corrected chi connectivity index (χ3v) is 1.38. The van der Waals surface area contributed by atoms with Crippen molar-refractivity contribution >= 4 is 17.3 Å². The van der Waals surface area contributed by atoms with Crippen molar-refractivity contribution in [3.8, 4) is 0 Å². The Morgan fingerprint density at radius 1 is 1.45 bits per heavy atom. The molecule has 1 aromatic heterocycles. The van der Waals surface area contributed by atoms with Crippen LogP contribution in [0.1, 0.15) is 0 Å². The highest BCUT2D eigenvalue weighted by molar-refractivity contribution is 7.80. The van der Waals surface area contributed by atoms with Gasteiger partial charge in [0.05, 0.1) is 6.20 Å². The molecule has 0 saturated heterocycles. The molecule has 5 nitrogen and oxygen atoms in total. The number of fused-ring (bicyclic) bond motifs is 1. The van der Waals surface area contributed by atoms with E-state index in [1.165, 1.54) is 6.20 Å². The van der Waals surface area contributed by atoms with Crippen molar-refractivity contribution in [1.29, 1.82) is 0 Å². The van der Waals surface area contributed by atoms with Gasteiger partial charge in [-0.15, -0.1) is 0 Å². The second-order valence-corrected chi connectivity index (χ2v) is 2.29. The molecule has 1 N–H and O–H groups in total. The fraction of sp³-hybridized carbons (Fsp3) is 0. The number of H-pyrrole nitrogens is 1. The van der Waals surface area contributed by atoms with Crippen molar-refractivity contribution in [2.45, 2.75) is 0 Å². The van der Waals surface area contributed by atoms with Crippen LogP contribution in [0.25, 0.3) is 0 Å². The minimum Gasteiger partial charge on any atom is -0.288 e. The monoisotopic (exact) mass is 166 g/mol. The van der Waals surface area contributed by atoms with Crippen molar-refractivity contribution in [2.24, 2.45) is 9.98 Å². The van der Waals surface area contributed by atoms with Gasteiger partial charge in [-0.3, -0.25) is 4.98 Å². The van der Waals surface area contributed by atoms with Crippen LogP contribution in [0, 0.1) is 0 Å². The van der Waals surface area contributed by atoms with Crippen LogP contribution in [0.2, 0.25) is 0 Å². The maximum Gasteiger partial charge on any atom is 0.346 e. The van der Waals surface area contributed by atoms with Crippen LogP contribution < -0.4 is 16.5 Å². The van der Waals surface area contributed by atoms with E-state index in [1.54, 1.807) is 0 Å². The lowest BCUT2D eigenvalue weighted by molar-refractivity contribution is 0.989. The van der Waals surface area contributed by atoms with Gasteiger partial charge in [0.25, 0.3) is 0 Å². The summed E-state index contributed by atoms with van der Waals surface area (Å²) in [5, 5.41) is 0.748. The van der Waals surface area contributed by atoms with Crippen molar-refractivity contribution < 1.29 is 0 Å². The molecule has 0 fully saturated rings. The molecule has 2 heterocycles. The highest BCUT2D eigenvalue weighted by Gasteiger charge is 2.00. The van der Waals surface area contributed by atoms with Gasteiger partial charge in [-0.25, -0.2) is 9.79 Å². The number of rotatable bonds is 0. The van der Waals surface area contributed by atoms with E-state index in [2.05, 4.69) is 32.2 Å². The van der Waals surface area contributed by atoms with Crippen LogP contribution in [-0.2, 0) is 0 Å². The molecule has 0 aromatic carbocycles. The van der Waals surface area contributed by atoms with Gasteiger partial charge in [0.2, 0.25) is 5.11 Å². The molecule has 0 atom stereocenters. The molecular weight excluding hydrogens is 164 g/mol. The summed E-state index contributed by atoms with van der Waals surface area (Å²) >= 11 is 4.68. The van der Waals surface area contributed by atoms with Crippen LogP contribution in [0.15, 0.2) is 21.0 Å². The molecule has 2 rings (SSSR count). The van der Waals surface area contributed by atoms with E-state index in [0.717, 1.165) is 0 Å². The number of nitrogens with zero attached hydrogens (tertiary/aromatic N) is 3. The summed E-state index contributed by atoms with van der Waals surface area (Å²) in [6.45, 7) is 0. The van der Waals surface area contributed by atoms with E-state index in [1.807, 2.05) is 0 Å². The maximum atomic E-state index is 10.6. The molecule has 54 valence electrons. The van der Waals surface area contributed by atoms with Gasteiger partial charge >= 0.3 is 5.69 Å². The second-order valence-electron chi connectivity index (χ2n) is 1.93. The van der Waals surface area contributed by atoms with Crippen LogP contribution >= 0.6 is 12.2 Å². The Morgan fingerprint density at radius 3 is 3.09 bits per heavy atom. The topological polar surface area (TPSA) is 70.5 Å². The van der Waals surface area contributed by atoms with Crippen molar-refractivity contribution in [2.75, 3.05) is 0 Å². The Morgan fingerprint density at radius 2 is 2.27 bits per heavy atom. The minimum atomic E-state index is -0.438. The molecule has 11 heavy (non-hydrogen) atoms. The summed E-state index contributed by atoms with van der Waals surface area (Å²) in [6, 6.07) is 0. The van der Waals surface area contributed by atoms with Gasteiger partial charge in [0.1, 0.15) is 5.36 Å². The molecule has 0 spiro atoms. The third-order valence-electron chi connectivity index (χ3n) is 1.20. The predicted molar refractivity (Wildman–Crippen MR) is 39.8 cm³/mol. The van der Waals surface area contributed by atoms with Crippen LogP contribution in [0.4, 0.5) is 0 Å². The van der Waals surface area contributed by atoms with E-state index >= 15 is 0 Å². The zero-order valence-corrected chi connectivity index (χ0v) is 6.05. The van der Waals surface area contributed by atoms with Crippen molar-refractivity contribution in [3.63, 3.8) is 0 Å². The number of nitrogens with one attached hydrogen (secondary N) is 1. The second kappa shape index (κ2) is 2.03. The first-order valence-electron chi connectivity index (χ1n) is 2.82. The zero-order valence-electron chi connectivity index (χ0n) is 5.24. The fourth-order valence-corrected chi connectivity index (χ4v) is 0.959. The Balaban J connectivity index is 3.00. The average Bonchev–Trinajstić information content (AvgIpc) is 2.27. The predicted octanol–water partition coefficient (Wildman–Crippen LogP) is -1.69. The first-order chi connectivity index (χ1) is 5.25. The molecular formula is C5H2N4OS. The van der Waals surface area contributed by atoms with Gasteiger partial charge in [0, 0.05) is 0 Å². The number of thiocarbonyl (C=S) groups is 1. The van der Waals surface area contributed by atoms with E-state index in [-0.39, 0.29) is 5.11 Å². The summed E-state index contributed by atoms with van der Waals surface area (Å²) in [4.78, 5) is 24.1. The minimum absolute atomic E-state index is 0.226. The zero-order chi connectivity index (χ0) is 7.84. The molecule has 6 heteroatoms. The lowest BCUT2D eigenvalue weighted by Gasteiger charge is -1.77. The van der Waals surface area contributed by atoms with E-state index < -0.39 is 5.69 Å². The van der Waals surface area contributed by atoms with Gasteiger partial charge < -0.3 is 0 Å². The van der Waals surface area contributed by atoms with E-state index in [0.29, 0.717) is 10.8 Å². The van der Waals surface area contributed by atoms with Gasteiger partial charge in [-0.1, -0.05) is 0 Å². The molecule has 1 aromatic rings.